The molecule has 6 rings (SSSR count). The van der Waals surface area contributed by atoms with Gasteiger partial charge < -0.3 is 15.1 Å². The molecule has 0 bridgehead atoms. The van der Waals surface area contributed by atoms with E-state index in [0.29, 0.717) is 11.1 Å². The molecule has 6 aromatic rings. The van der Waals surface area contributed by atoms with E-state index >= 15 is 0 Å². The molecular formula is C30H27FK3N6O4P. The topological polar surface area (TPSA) is 145 Å². The molecule has 2 aromatic carbocycles. The summed E-state index contributed by atoms with van der Waals surface area (Å²) in [6, 6.07) is 23.3. The molecule has 216 valence electrons. The summed E-state index contributed by atoms with van der Waals surface area (Å²) in [7, 11) is -3.15. The van der Waals surface area contributed by atoms with E-state index in [1.54, 1.807) is 37.9 Å². The molecule has 45 heavy (non-hydrogen) atoms. The summed E-state index contributed by atoms with van der Waals surface area (Å²) in [4.78, 5) is 28.3. The fourth-order valence-electron chi connectivity index (χ4n) is 3.63. The molecule has 1 N–H and O–H groups in total. The molecule has 4 heterocycles. The zero-order valence-corrected chi connectivity index (χ0v) is 36.1. The minimum atomic E-state index is -3.15. The number of pyridine rings is 2. The van der Waals surface area contributed by atoms with E-state index in [0.717, 1.165) is 39.0 Å². The number of H-pyrrole nitrogens is 1. The van der Waals surface area contributed by atoms with Crippen LogP contribution in [0.25, 0.3) is 39.0 Å². The quantitative estimate of drug-likeness (QED) is 0.0964. The number of aromatic nitrogens is 6. The van der Waals surface area contributed by atoms with Crippen LogP contribution in [-0.2, 0) is 9.24 Å². The minimum absolute atomic E-state index is 0. The molecule has 0 amide bonds. The van der Waals surface area contributed by atoms with Crippen LogP contribution in [0.3, 0.4) is 0 Å². The molecule has 1 unspecified atom stereocenters. The number of fused-ring (bicyclic) bond motifs is 2. The third kappa shape index (κ3) is 14.6. The van der Waals surface area contributed by atoms with E-state index < -0.39 is 14.2 Å². The van der Waals surface area contributed by atoms with Crippen molar-refractivity contribution >= 4 is 105 Å². The van der Waals surface area contributed by atoms with Crippen molar-refractivity contribution < 1.29 is 75.2 Å². The van der Waals surface area contributed by atoms with Crippen LogP contribution in [0.1, 0.15) is 25.0 Å². The van der Waals surface area contributed by atoms with Gasteiger partial charge >= 0.3 is 123 Å². The number of halogens is 1. The molecule has 0 saturated heterocycles. The Kier molecular flexibility index (Phi) is 23.1. The van der Waals surface area contributed by atoms with Crippen LogP contribution in [-0.4, -0.2) is 92.6 Å². The smallest absolute Gasteiger partial charge is 0.0931 e. The van der Waals surface area contributed by atoms with E-state index in [2.05, 4.69) is 42.8 Å². The fraction of sp³-hybridized carbons (Fsp3) is 0.0667. The predicted molar refractivity (Wildman–Crippen MR) is 169 cm³/mol. The molecule has 0 saturated carbocycles. The van der Waals surface area contributed by atoms with Crippen molar-refractivity contribution in [3.63, 3.8) is 0 Å². The summed E-state index contributed by atoms with van der Waals surface area (Å²) < 4.78 is 26.0. The van der Waals surface area contributed by atoms with Crippen molar-refractivity contribution in [1.29, 1.82) is 0 Å². The van der Waals surface area contributed by atoms with Gasteiger partial charge in [-0.2, -0.15) is 4.39 Å². The zero-order valence-electron chi connectivity index (χ0n) is 25.8. The first kappa shape index (κ1) is 43.0. The number of hydrogen-bond acceptors (Lipinski definition) is 8. The molecule has 4 aromatic heterocycles. The van der Waals surface area contributed by atoms with Gasteiger partial charge in [-0.05, 0) is 78.1 Å². The minimum Gasteiger partial charge on any atom is -0.345 e. The van der Waals surface area contributed by atoms with Crippen molar-refractivity contribution in [1.82, 2.24) is 29.5 Å². The number of para-hydroxylation sites is 4. The van der Waals surface area contributed by atoms with Crippen LogP contribution >= 0.6 is 8.25 Å². The largest absolute Gasteiger partial charge is 0.345 e. The molecule has 0 aliphatic carbocycles. The van der Waals surface area contributed by atoms with Gasteiger partial charge in [-0.15, -0.1) is 0 Å². The molecule has 0 aliphatic heterocycles. The summed E-state index contributed by atoms with van der Waals surface area (Å²) >= 11 is 2.50. The number of imidazole rings is 2. The average Bonchev–Trinajstić information content (AvgIpc) is 3.70. The molecule has 0 aliphatic rings. The first-order valence-corrected chi connectivity index (χ1v) is 30.4. The normalized spacial score (nSPS) is 9.84. The molecule has 0 radical (unpaired) electrons. The number of aromatic amines is 1. The van der Waals surface area contributed by atoms with Crippen LogP contribution < -0.4 is 61.5 Å². The van der Waals surface area contributed by atoms with Crippen LogP contribution in [0.15, 0.2) is 111 Å². The zero-order chi connectivity index (χ0) is 32.5. The molecule has 1 atom stereocenters. The first-order valence-electron chi connectivity index (χ1n) is 13.3. The molecule has 15 heteroatoms. The van der Waals surface area contributed by atoms with E-state index in [1.165, 1.54) is 69.4 Å². The van der Waals surface area contributed by atoms with Crippen molar-refractivity contribution in [3.8, 4) is 5.82 Å². The van der Waals surface area contributed by atoms with Crippen LogP contribution in [0.2, 0.25) is 0 Å². The van der Waals surface area contributed by atoms with E-state index in [9.17, 15) is 4.39 Å². The second-order valence-electron chi connectivity index (χ2n) is 8.60. The monoisotopic (exact) mass is 702 g/mol. The molecule has 0 spiro atoms. The second-order valence-corrected chi connectivity index (χ2v) is 9.19. The van der Waals surface area contributed by atoms with Gasteiger partial charge in [0, 0.05) is 23.5 Å². The van der Waals surface area contributed by atoms with Crippen molar-refractivity contribution in [2.45, 2.75) is 13.8 Å². The van der Waals surface area contributed by atoms with Gasteiger partial charge in [0.1, 0.15) is 12.1 Å². The third-order valence-electron chi connectivity index (χ3n) is 5.54. The van der Waals surface area contributed by atoms with Gasteiger partial charge in [-0.25, -0.2) is 24.6 Å². The molecular weight excluding hydrogens is 676 g/mol. The van der Waals surface area contributed by atoms with E-state index in [1.807, 2.05) is 72.2 Å². The summed E-state index contributed by atoms with van der Waals surface area (Å²) in [5.74, 6) is 0.425. The summed E-state index contributed by atoms with van der Waals surface area (Å²) in [5.41, 5.74) is 7.37. The van der Waals surface area contributed by atoms with Gasteiger partial charge in [0.25, 0.3) is 0 Å². The Balaban J connectivity index is 0.000000321. The Hall–Kier alpha value is -0.0209. The maximum atomic E-state index is 12.7. The standard InChI is InChI=1S/C15H13N3.C8H8FN.C7H6N2.3K.HO4P/c1-11(2)12-6-5-9-16-15(12)18-10-17-13-7-3-4-8-14(13)18;1-6(2)7-4-3-5-10-8(7)9;1-2-4-7-6(3-1)8-5-9-7;;;;1-4-5(2)3/h3-10H,1H2,2H3;3-5H,1H2,2H3;1-5H,(H,8,9);;;;1H/q;;;;;+1;/p-1. The third-order valence-corrected chi connectivity index (χ3v) is 5.66. The van der Waals surface area contributed by atoms with Crippen LogP contribution in [0, 0.1) is 5.95 Å². The fourth-order valence-corrected chi connectivity index (χ4v) is 3.63. The van der Waals surface area contributed by atoms with Crippen molar-refractivity contribution in [2.75, 3.05) is 0 Å². The summed E-state index contributed by atoms with van der Waals surface area (Å²) in [6.07, 6.45) is 6.71. The number of nitrogens with one attached hydrogen (secondary N) is 1. The Morgan fingerprint density at radius 2 is 1.42 bits per heavy atom. The van der Waals surface area contributed by atoms with E-state index in [-0.39, 0.29) is 51.4 Å². The Labute approximate surface area is 349 Å². The number of allylic oxidation sites excluding steroid dienone is 2. The SMILES string of the molecule is C=C(C)c1cccnc1-n1cnc2ccccc21.C=C(C)c1cccnc1F.O=[P+]([O-])O[O-].[K+].[K][K].c1ccc2[nH]cnc2c1. The van der Waals surface area contributed by atoms with Gasteiger partial charge in [0.15, 0.2) is 0 Å². The van der Waals surface area contributed by atoms with Crippen molar-refractivity contribution in [3.05, 3.63) is 128 Å². The van der Waals surface area contributed by atoms with E-state index in [4.69, 9.17) is 14.7 Å². The maximum absolute atomic E-state index is 12.7. The predicted octanol–water partition coefficient (Wildman–Crippen LogP) is 1.81. The second kappa shape index (κ2) is 24.2. The average molecular weight is 703 g/mol. The Bertz CT molecular complexity index is 1790. The van der Waals surface area contributed by atoms with Crippen LogP contribution in [0.5, 0.6) is 0 Å². The molecule has 10 nitrogen and oxygen atoms in total. The van der Waals surface area contributed by atoms with Gasteiger partial charge in [-0.3, -0.25) is 4.57 Å². The first-order chi connectivity index (χ1) is 21.2. The number of hydrogen-bond donors (Lipinski definition) is 1. The number of rotatable bonds is 4. The Morgan fingerprint density at radius 3 is 1.98 bits per heavy atom. The number of nitrogens with zero attached hydrogens (tertiary/aromatic N) is 5. The number of benzene rings is 2. The molecule has 0 fully saturated rings. The Morgan fingerprint density at radius 1 is 0.867 bits per heavy atom. The summed E-state index contributed by atoms with van der Waals surface area (Å²) in [5, 5.41) is 8.53. The van der Waals surface area contributed by atoms with Crippen molar-refractivity contribution in [2.24, 2.45) is 0 Å². The van der Waals surface area contributed by atoms with Gasteiger partial charge in [0.2, 0.25) is 5.95 Å². The summed E-state index contributed by atoms with van der Waals surface area (Å²) in [6.45, 7) is 11.3. The van der Waals surface area contributed by atoms with Crippen LogP contribution in [0.4, 0.5) is 4.39 Å². The maximum Gasteiger partial charge on any atom is 0.0931 e. The van der Waals surface area contributed by atoms with Gasteiger partial charge in [0.05, 0.1) is 28.4 Å². The van der Waals surface area contributed by atoms with Gasteiger partial charge in [-0.1, -0.05) is 37.4 Å².